The van der Waals surface area contributed by atoms with E-state index in [2.05, 4.69) is 6.58 Å². The van der Waals surface area contributed by atoms with E-state index in [4.69, 9.17) is 4.74 Å². The fraction of sp³-hybridized carbons (Fsp3) is 0.824. The summed E-state index contributed by atoms with van der Waals surface area (Å²) in [4.78, 5) is 12.4. The summed E-state index contributed by atoms with van der Waals surface area (Å²) in [6, 6.07) is 0. The van der Waals surface area contributed by atoms with Crippen LogP contribution in [-0.4, -0.2) is 11.6 Å². The Bertz CT molecular complexity index is 320. The van der Waals surface area contributed by atoms with Crippen LogP contribution in [-0.2, 0) is 9.53 Å². The van der Waals surface area contributed by atoms with Gasteiger partial charge in [-0.1, -0.05) is 32.8 Å². The van der Waals surface area contributed by atoms with Gasteiger partial charge >= 0.3 is 5.97 Å². The summed E-state index contributed by atoms with van der Waals surface area (Å²) in [5.74, 6) is -0.0708. The van der Waals surface area contributed by atoms with Gasteiger partial charge in [0.25, 0.3) is 0 Å². The lowest BCUT2D eigenvalue weighted by atomic mass is 9.81. The van der Waals surface area contributed by atoms with E-state index in [1.807, 2.05) is 27.7 Å². The molecule has 0 bridgehead atoms. The van der Waals surface area contributed by atoms with Crippen LogP contribution >= 0.6 is 0 Å². The molecule has 0 aliphatic heterocycles. The fourth-order valence-corrected chi connectivity index (χ4v) is 2.55. The molecular formula is C17H30O2. The van der Waals surface area contributed by atoms with Crippen molar-refractivity contribution >= 4 is 5.97 Å². The highest BCUT2D eigenvalue weighted by Crippen LogP contribution is 2.37. The van der Waals surface area contributed by atoms with Crippen LogP contribution in [0.3, 0.4) is 0 Å². The zero-order chi connectivity index (χ0) is 14.5. The van der Waals surface area contributed by atoms with Gasteiger partial charge in [-0.3, -0.25) is 4.79 Å². The quantitative estimate of drug-likeness (QED) is 0.527. The van der Waals surface area contributed by atoms with Gasteiger partial charge in [-0.25, -0.2) is 0 Å². The third-order valence-electron chi connectivity index (χ3n) is 4.66. The van der Waals surface area contributed by atoms with Crippen molar-refractivity contribution in [3.8, 4) is 0 Å². The second kappa shape index (κ2) is 6.58. The first-order chi connectivity index (χ1) is 8.84. The van der Waals surface area contributed by atoms with Crippen molar-refractivity contribution in [2.75, 3.05) is 0 Å². The molecular weight excluding hydrogens is 236 g/mol. The molecule has 0 saturated heterocycles. The molecule has 1 aliphatic carbocycles. The number of esters is 1. The van der Waals surface area contributed by atoms with Crippen LogP contribution in [0.4, 0.5) is 0 Å². The van der Waals surface area contributed by atoms with Crippen molar-refractivity contribution in [2.45, 2.75) is 84.7 Å². The Hall–Kier alpha value is -0.790. The zero-order valence-corrected chi connectivity index (χ0v) is 13.2. The molecule has 0 aromatic rings. The van der Waals surface area contributed by atoms with E-state index >= 15 is 0 Å². The maximum absolute atomic E-state index is 12.4. The third-order valence-corrected chi connectivity index (χ3v) is 4.66. The minimum atomic E-state index is -0.413. The van der Waals surface area contributed by atoms with Crippen LogP contribution in [0, 0.1) is 5.41 Å². The first-order valence-electron chi connectivity index (χ1n) is 7.73. The predicted octanol–water partition coefficient (Wildman–Crippen LogP) is 5.03. The Morgan fingerprint density at radius 3 is 2.05 bits per heavy atom. The molecule has 19 heavy (non-hydrogen) atoms. The van der Waals surface area contributed by atoms with Gasteiger partial charge in [0.05, 0.1) is 5.41 Å². The molecule has 2 heteroatoms. The molecule has 0 aromatic heterocycles. The van der Waals surface area contributed by atoms with Crippen LogP contribution in [0.2, 0.25) is 0 Å². The summed E-state index contributed by atoms with van der Waals surface area (Å²) in [6.45, 7) is 12.1. The van der Waals surface area contributed by atoms with E-state index in [1.54, 1.807) is 0 Å². The maximum Gasteiger partial charge on any atom is 0.312 e. The van der Waals surface area contributed by atoms with Crippen LogP contribution in [0.25, 0.3) is 0 Å². The zero-order valence-electron chi connectivity index (χ0n) is 13.2. The van der Waals surface area contributed by atoms with Gasteiger partial charge in [-0.15, -0.1) is 0 Å². The van der Waals surface area contributed by atoms with Crippen molar-refractivity contribution in [3.05, 3.63) is 12.2 Å². The van der Waals surface area contributed by atoms with Crippen LogP contribution < -0.4 is 0 Å². The lowest BCUT2D eigenvalue weighted by Crippen LogP contribution is -2.41. The Morgan fingerprint density at radius 1 is 1.16 bits per heavy atom. The third kappa shape index (κ3) is 4.09. The largest absolute Gasteiger partial charge is 0.454 e. The molecule has 1 fully saturated rings. The van der Waals surface area contributed by atoms with E-state index in [1.165, 1.54) is 19.3 Å². The molecule has 0 radical (unpaired) electrons. The normalized spacial score (nSPS) is 20.2. The van der Waals surface area contributed by atoms with Crippen molar-refractivity contribution in [3.63, 3.8) is 0 Å². The molecule has 0 amide bonds. The summed E-state index contributed by atoms with van der Waals surface area (Å²) in [7, 11) is 0. The maximum atomic E-state index is 12.4. The molecule has 1 saturated carbocycles. The average Bonchev–Trinajstić information content (AvgIpc) is 2.32. The lowest BCUT2D eigenvalue weighted by Gasteiger charge is -2.38. The van der Waals surface area contributed by atoms with Crippen molar-refractivity contribution in [1.29, 1.82) is 0 Å². The van der Waals surface area contributed by atoms with Crippen LogP contribution in [0.1, 0.15) is 79.1 Å². The molecule has 0 heterocycles. The summed E-state index contributed by atoms with van der Waals surface area (Å²) in [5.41, 5.74) is 0.198. The molecule has 1 aliphatic rings. The summed E-state index contributed by atoms with van der Waals surface area (Å²) < 4.78 is 5.99. The smallest absolute Gasteiger partial charge is 0.312 e. The van der Waals surface area contributed by atoms with E-state index in [0.29, 0.717) is 0 Å². The summed E-state index contributed by atoms with van der Waals surface area (Å²) in [6.07, 6.45) is 8.73. The number of ether oxygens (including phenoxy) is 1. The van der Waals surface area contributed by atoms with E-state index in [-0.39, 0.29) is 5.97 Å². The predicted molar refractivity (Wildman–Crippen MR) is 80.0 cm³/mol. The second-order valence-electron chi connectivity index (χ2n) is 6.67. The Kier molecular flexibility index (Phi) is 5.64. The van der Waals surface area contributed by atoms with E-state index < -0.39 is 11.0 Å². The highest BCUT2D eigenvalue weighted by Gasteiger charge is 2.39. The topological polar surface area (TPSA) is 26.3 Å². The van der Waals surface area contributed by atoms with Gasteiger partial charge in [0.2, 0.25) is 0 Å². The number of hydrogen-bond acceptors (Lipinski definition) is 2. The summed E-state index contributed by atoms with van der Waals surface area (Å²) >= 11 is 0. The number of hydrogen-bond donors (Lipinski definition) is 0. The minimum absolute atomic E-state index is 0.0708. The lowest BCUT2D eigenvalue weighted by molar-refractivity contribution is -0.169. The highest BCUT2D eigenvalue weighted by atomic mass is 16.6. The molecule has 110 valence electrons. The Morgan fingerprint density at radius 2 is 1.63 bits per heavy atom. The number of rotatable bonds is 4. The second-order valence-corrected chi connectivity index (χ2v) is 6.67. The fourth-order valence-electron chi connectivity index (χ4n) is 2.55. The van der Waals surface area contributed by atoms with Gasteiger partial charge < -0.3 is 4.74 Å². The Labute approximate surface area is 118 Å². The molecule has 0 spiro atoms. The van der Waals surface area contributed by atoms with Crippen molar-refractivity contribution in [1.82, 2.24) is 0 Å². The molecule has 0 N–H and O–H groups in total. The molecule has 0 unspecified atom stereocenters. The van der Waals surface area contributed by atoms with Gasteiger partial charge in [-0.05, 0) is 58.4 Å². The molecule has 1 rings (SSSR count). The van der Waals surface area contributed by atoms with Crippen LogP contribution in [0.5, 0.6) is 0 Å². The minimum Gasteiger partial charge on any atom is -0.454 e. The monoisotopic (exact) mass is 266 g/mol. The standard InChI is InChI=1S/C17H30O2/c1-6-16(4,5)15(18)19-17(14(2)3)12-10-8-7-9-11-13-17/h2,6-13H2,1,3-5H3. The highest BCUT2D eigenvalue weighted by molar-refractivity contribution is 5.76. The van der Waals surface area contributed by atoms with Gasteiger partial charge in [-0.2, -0.15) is 0 Å². The number of carbonyl (C=O) groups excluding carboxylic acids is 1. The SMILES string of the molecule is C=C(C)C1(OC(=O)C(C)(C)CC)CCCCCCC1. The molecule has 0 atom stereocenters. The Balaban J connectivity index is 2.86. The van der Waals surface area contributed by atoms with Crippen molar-refractivity contribution < 1.29 is 9.53 Å². The first-order valence-corrected chi connectivity index (χ1v) is 7.73. The van der Waals surface area contributed by atoms with Gasteiger partial charge in [0, 0.05) is 0 Å². The van der Waals surface area contributed by atoms with Gasteiger partial charge in [0.15, 0.2) is 0 Å². The van der Waals surface area contributed by atoms with Crippen molar-refractivity contribution in [2.24, 2.45) is 5.41 Å². The summed E-state index contributed by atoms with van der Waals surface area (Å²) in [5, 5.41) is 0. The first kappa shape index (κ1) is 16.3. The van der Waals surface area contributed by atoms with E-state index in [0.717, 1.165) is 37.7 Å². The average molecular weight is 266 g/mol. The molecule has 2 nitrogen and oxygen atoms in total. The van der Waals surface area contributed by atoms with Gasteiger partial charge in [0.1, 0.15) is 5.60 Å². The number of carbonyl (C=O) groups is 1. The van der Waals surface area contributed by atoms with Crippen LogP contribution in [0.15, 0.2) is 12.2 Å². The van der Waals surface area contributed by atoms with E-state index in [9.17, 15) is 4.79 Å². The molecule has 0 aromatic carbocycles.